The molecule has 0 N–H and O–H groups in total. The Kier molecular flexibility index (Phi) is 5.30. The molecule has 3 unspecified atom stereocenters. The Morgan fingerprint density at radius 2 is 2.00 bits per heavy atom. The number of carbonyl (C=O) groups excluding carboxylic acids is 1. The van der Waals surface area contributed by atoms with E-state index in [1.165, 1.54) is 6.07 Å². The molecule has 0 saturated carbocycles. The van der Waals surface area contributed by atoms with Crippen molar-refractivity contribution in [2.45, 2.75) is 42.2 Å². The minimum absolute atomic E-state index is 0.0191. The number of rotatable bonds is 3. The minimum Gasteiger partial charge on any atom is -0.298 e. The summed E-state index contributed by atoms with van der Waals surface area (Å²) in [6.45, 7) is 4.22. The second kappa shape index (κ2) is 6.65. The van der Waals surface area contributed by atoms with Gasteiger partial charge in [-0.3, -0.25) is 4.79 Å². The van der Waals surface area contributed by atoms with Gasteiger partial charge in [-0.2, -0.15) is 24.9 Å². The Hall–Kier alpha value is -0.620. The quantitative estimate of drug-likeness (QED) is 0.813. The summed E-state index contributed by atoms with van der Waals surface area (Å²) in [5.74, 6) is 0.763. The van der Waals surface area contributed by atoms with Crippen molar-refractivity contribution in [1.82, 2.24) is 0 Å². The van der Waals surface area contributed by atoms with E-state index < -0.39 is 11.7 Å². The van der Waals surface area contributed by atoms with E-state index in [0.717, 1.165) is 17.9 Å². The number of ketones is 1. The fourth-order valence-corrected chi connectivity index (χ4v) is 5.01. The first-order valence-corrected chi connectivity index (χ1v) is 8.72. The van der Waals surface area contributed by atoms with Crippen LogP contribution in [0.5, 0.6) is 0 Å². The molecule has 1 aliphatic rings. The molecule has 116 valence electrons. The Labute approximate surface area is 131 Å². The Morgan fingerprint density at radius 3 is 2.62 bits per heavy atom. The SMILES string of the molecule is CC1SCC(C(=O)Cc2cccc(C(F)(F)F)c2)SC1C. The molecule has 1 saturated heterocycles. The van der Waals surface area contributed by atoms with Crippen molar-refractivity contribution in [3.8, 4) is 0 Å². The van der Waals surface area contributed by atoms with Crippen LogP contribution in [-0.4, -0.2) is 27.3 Å². The Bertz CT molecular complexity index is 516. The molecule has 1 aromatic carbocycles. The van der Waals surface area contributed by atoms with Crippen LogP contribution in [-0.2, 0) is 17.4 Å². The molecule has 1 aliphatic heterocycles. The number of thioether (sulfide) groups is 2. The Balaban J connectivity index is 2.03. The predicted octanol–water partition coefficient (Wildman–Crippen LogP) is 4.44. The molecular weight excluding hydrogens is 317 g/mol. The highest BCUT2D eigenvalue weighted by atomic mass is 32.2. The summed E-state index contributed by atoms with van der Waals surface area (Å²) in [6.07, 6.45) is -4.29. The molecule has 6 heteroatoms. The molecule has 0 radical (unpaired) electrons. The van der Waals surface area contributed by atoms with E-state index in [0.29, 0.717) is 16.1 Å². The van der Waals surface area contributed by atoms with E-state index in [1.807, 2.05) is 0 Å². The smallest absolute Gasteiger partial charge is 0.298 e. The van der Waals surface area contributed by atoms with Gasteiger partial charge in [0.2, 0.25) is 0 Å². The monoisotopic (exact) mass is 334 g/mol. The topological polar surface area (TPSA) is 17.1 Å². The summed E-state index contributed by atoms with van der Waals surface area (Å²) < 4.78 is 38.0. The average molecular weight is 334 g/mol. The van der Waals surface area contributed by atoms with Gasteiger partial charge in [0.25, 0.3) is 0 Å². The second-order valence-electron chi connectivity index (χ2n) is 5.21. The summed E-state index contributed by atoms with van der Waals surface area (Å²) >= 11 is 3.40. The molecule has 2 rings (SSSR count). The largest absolute Gasteiger partial charge is 0.416 e. The second-order valence-corrected chi connectivity index (χ2v) is 8.20. The number of alkyl halides is 3. The van der Waals surface area contributed by atoms with Gasteiger partial charge >= 0.3 is 6.18 Å². The van der Waals surface area contributed by atoms with Gasteiger partial charge in [0, 0.05) is 22.7 Å². The number of carbonyl (C=O) groups is 1. The molecule has 1 fully saturated rings. The summed E-state index contributed by atoms with van der Waals surface area (Å²) in [5, 5.41) is 0.780. The van der Waals surface area contributed by atoms with E-state index in [-0.39, 0.29) is 17.5 Å². The number of benzene rings is 1. The third kappa shape index (κ3) is 4.42. The van der Waals surface area contributed by atoms with E-state index in [1.54, 1.807) is 29.6 Å². The molecule has 0 aliphatic carbocycles. The van der Waals surface area contributed by atoms with E-state index in [9.17, 15) is 18.0 Å². The zero-order chi connectivity index (χ0) is 15.6. The van der Waals surface area contributed by atoms with Crippen LogP contribution in [0, 0.1) is 0 Å². The van der Waals surface area contributed by atoms with E-state index in [4.69, 9.17) is 0 Å². The normalized spacial score (nSPS) is 26.6. The van der Waals surface area contributed by atoms with Crippen molar-refractivity contribution >= 4 is 29.3 Å². The summed E-state index contributed by atoms with van der Waals surface area (Å²) in [7, 11) is 0. The first-order chi connectivity index (χ1) is 9.77. The molecule has 0 bridgehead atoms. The first kappa shape index (κ1) is 16.7. The minimum atomic E-state index is -4.36. The van der Waals surface area contributed by atoms with Gasteiger partial charge in [-0.25, -0.2) is 0 Å². The van der Waals surface area contributed by atoms with Gasteiger partial charge in [-0.1, -0.05) is 32.0 Å². The highest BCUT2D eigenvalue weighted by Crippen LogP contribution is 2.36. The molecule has 21 heavy (non-hydrogen) atoms. The molecule has 0 spiro atoms. The molecule has 1 heterocycles. The van der Waals surface area contributed by atoms with Gasteiger partial charge in [0.05, 0.1) is 10.8 Å². The van der Waals surface area contributed by atoms with Crippen LogP contribution in [0.15, 0.2) is 24.3 Å². The third-order valence-electron chi connectivity index (χ3n) is 3.54. The zero-order valence-corrected chi connectivity index (χ0v) is 13.4. The lowest BCUT2D eigenvalue weighted by Crippen LogP contribution is -2.32. The lowest BCUT2D eigenvalue weighted by atomic mass is 10.0. The molecule has 0 amide bonds. The maximum Gasteiger partial charge on any atom is 0.416 e. The predicted molar refractivity (Wildman–Crippen MR) is 82.9 cm³/mol. The maximum absolute atomic E-state index is 12.7. The van der Waals surface area contributed by atoms with Gasteiger partial charge in [0.15, 0.2) is 5.78 Å². The fourth-order valence-electron chi connectivity index (χ4n) is 2.13. The van der Waals surface area contributed by atoms with Crippen molar-refractivity contribution in [2.24, 2.45) is 0 Å². The fraction of sp³-hybridized carbons (Fsp3) is 0.533. The standard InChI is InChI=1S/C15H17F3OS2/c1-9-10(2)21-14(8-20-9)13(19)7-11-4-3-5-12(6-11)15(16,17)18/h3-6,9-10,14H,7-8H2,1-2H3. The third-order valence-corrected chi connectivity index (χ3v) is 6.98. The molecule has 1 aromatic rings. The average Bonchev–Trinajstić information content (AvgIpc) is 2.41. The van der Waals surface area contributed by atoms with E-state index in [2.05, 4.69) is 13.8 Å². The van der Waals surface area contributed by atoms with Crippen molar-refractivity contribution in [2.75, 3.05) is 5.75 Å². The van der Waals surface area contributed by atoms with Crippen LogP contribution in [0.4, 0.5) is 13.2 Å². The number of hydrogen-bond acceptors (Lipinski definition) is 3. The summed E-state index contributed by atoms with van der Waals surface area (Å²) in [5.41, 5.74) is -0.257. The number of halogens is 3. The van der Waals surface area contributed by atoms with Crippen molar-refractivity contribution in [1.29, 1.82) is 0 Å². The highest BCUT2D eigenvalue weighted by Gasteiger charge is 2.32. The molecule has 1 nitrogen and oxygen atoms in total. The highest BCUT2D eigenvalue weighted by molar-refractivity contribution is 8.08. The van der Waals surface area contributed by atoms with Crippen LogP contribution in [0.3, 0.4) is 0 Å². The van der Waals surface area contributed by atoms with Crippen LogP contribution in [0.2, 0.25) is 0 Å². The van der Waals surface area contributed by atoms with E-state index >= 15 is 0 Å². The summed E-state index contributed by atoms with van der Waals surface area (Å²) in [6, 6.07) is 5.05. The van der Waals surface area contributed by atoms with Crippen LogP contribution in [0.25, 0.3) is 0 Å². The van der Waals surface area contributed by atoms with Crippen molar-refractivity contribution in [3.05, 3.63) is 35.4 Å². The van der Waals surface area contributed by atoms with Gasteiger partial charge in [-0.15, -0.1) is 11.8 Å². The van der Waals surface area contributed by atoms with Crippen LogP contribution in [0.1, 0.15) is 25.0 Å². The molecule has 0 aromatic heterocycles. The van der Waals surface area contributed by atoms with Crippen LogP contribution < -0.4 is 0 Å². The zero-order valence-electron chi connectivity index (χ0n) is 11.8. The number of hydrogen-bond donors (Lipinski definition) is 0. The van der Waals surface area contributed by atoms with Crippen molar-refractivity contribution in [3.63, 3.8) is 0 Å². The Morgan fingerprint density at radius 1 is 1.29 bits per heavy atom. The number of Topliss-reactive ketones (excluding diaryl/α,β-unsaturated/α-hetero) is 1. The van der Waals surface area contributed by atoms with Gasteiger partial charge in [0.1, 0.15) is 0 Å². The lowest BCUT2D eigenvalue weighted by molar-refractivity contribution is -0.137. The van der Waals surface area contributed by atoms with Crippen molar-refractivity contribution < 1.29 is 18.0 Å². The van der Waals surface area contributed by atoms with Gasteiger partial charge < -0.3 is 0 Å². The lowest BCUT2D eigenvalue weighted by Gasteiger charge is -2.30. The first-order valence-electron chi connectivity index (χ1n) is 6.73. The van der Waals surface area contributed by atoms with Gasteiger partial charge in [-0.05, 0) is 11.6 Å². The maximum atomic E-state index is 12.7. The van der Waals surface area contributed by atoms with Crippen LogP contribution >= 0.6 is 23.5 Å². The summed E-state index contributed by atoms with van der Waals surface area (Å²) in [4.78, 5) is 12.3. The molecule has 3 atom stereocenters. The molecular formula is C15H17F3OS2.